The number of carbonyl (C=O) groups is 3. The Hall–Kier alpha value is -2.66. The van der Waals surface area contributed by atoms with Crippen LogP contribution in [0, 0.1) is 0 Å². The number of thioether (sulfide) groups is 2. The molecule has 0 aliphatic carbocycles. The molecule has 2 aliphatic rings. The summed E-state index contributed by atoms with van der Waals surface area (Å²) in [5.74, 6) is -1.92. The van der Waals surface area contributed by atoms with Crippen molar-refractivity contribution in [2.45, 2.75) is 29.7 Å². The smallest absolute Gasteiger partial charge is 0.352 e. The summed E-state index contributed by atoms with van der Waals surface area (Å²) in [6.07, 6.45) is -0.954. The lowest BCUT2D eigenvalue weighted by molar-refractivity contribution is -0.150. The number of nitrogens with one attached hydrogen (secondary N) is 1. The molecule has 1 fully saturated rings. The van der Waals surface area contributed by atoms with E-state index < -0.39 is 35.4 Å². The van der Waals surface area contributed by atoms with Crippen LogP contribution in [0.2, 0.25) is 0 Å². The van der Waals surface area contributed by atoms with Crippen molar-refractivity contribution in [3.8, 4) is 0 Å². The molecule has 34 heavy (non-hydrogen) atoms. The van der Waals surface area contributed by atoms with Crippen LogP contribution in [-0.4, -0.2) is 81.0 Å². The molecule has 3 atom stereocenters. The Morgan fingerprint density at radius 1 is 1.50 bits per heavy atom. The van der Waals surface area contributed by atoms with Crippen molar-refractivity contribution in [3.63, 3.8) is 0 Å². The van der Waals surface area contributed by atoms with Gasteiger partial charge in [0.2, 0.25) is 5.16 Å². The van der Waals surface area contributed by atoms with Gasteiger partial charge < -0.3 is 21.3 Å². The average Bonchev–Trinajstić information content (AvgIpc) is 3.44. The van der Waals surface area contributed by atoms with Crippen molar-refractivity contribution in [2.24, 2.45) is 0 Å². The lowest BCUT2D eigenvalue weighted by Crippen LogP contribution is -2.70. The first-order chi connectivity index (χ1) is 16.2. The van der Waals surface area contributed by atoms with Crippen molar-refractivity contribution >= 4 is 74.9 Å². The van der Waals surface area contributed by atoms with Crippen molar-refractivity contribution in [1.82, 2.24) is 35.4 Å². The predicted molar refractivity (Wildman–Crippen MR) is 126 cm³/mol. The number of amides is 2. The third-order valence-corrected chi connectivity index (χ3v) is 8.13. The van der Waals surface area contributed by atoms with Crippen LogP contribution in [0.25, 0.3) is 5.57 Å². The molecule has 5 N–H and O–H groups in total. The Morgan fingerprint density at radius 2 is 2.26 bits per heavy atom. The number of hydrogen-bond donors (Lipinski definition) is 4. The number of carboxylic acids is 1. The largest absolute Gasteiger partial charge is 0.477 e. The Kier molecular flexibility index (Phi) is 7.13. The monoisotopic (exact) mass is 544 g/mol. The quantitative estimate of drug-likeness (QED) is 0.203. The molecule has 4 heterocycles. The molecule has 2 aromatic rings. The molecule has 1 saturated heterocycles. The first-order valence-electron chi connectivity index (χ1n) is 9.54. The van der Waals surface area contributed by atoms with Crippen LogP contribution in [0.1, 0.15) is 18.8 Å². The standard InChI is InChI=1S/C17H17ClN8O5S3/c1-6(27)26-17(22-23-24-26)34-4-7-3-32-14-10(13(29)25(14)11(7)15(30)31)21-12(28)8(2-18)9-5-33-16(19)20-9/h2,5-6,10,14,27H,3-4H2,1H3,(H2,19,20)(H,21,28)(H,30,31)/b8-2+/t6?,10?,14-/m1/s1. The molecule has 2 unspecified atom stereocenters. The molecule has 2 amide bonds. The Morgan fingerprint density at radius 3 is 2.88 bits per heavy atom. The van der Waals surface area contributed by atoms with Gasteiger partial charge in [0.1, 0.15) is 23.3 Å². The first kappa shape index (κ1) is 24.5. The fraction of sp³-hybridized carbons (Fsp3) is 0.353. The number of nitrogens with two attached hydrogens (primary N) is 1. The molecule has 180 valence electrons. The Labute approximate surface area is 209 Å². The minimum Gasteiger partial charge on any atom is -0.477 e. The number of aliphatic carboxylic acids is 1. The van der Waals surface area contributed by atoms with E-state index in [0.717, 1.165) is 28.6 Å². The van der Waals surface area contributed by atoms with Gasteiger partial charge in [-0.05, 0) is 22.9 Å². The van der Waals surface area contributed by atoms with Crippen LogP contribution in [-0.2, 0) is 14.4 Å². The molecular weight excluding hydrogens is 528 g/mol. The predicted octanol–water partition coefficient (Wildman–Crippen LogP) is 0.333. The molecule has 0 saturated carbocycles. The second-order valence-corrected chi connectivity index (χ2v) is 10.2. The number of aliphatic hydroxyl groups is 1. The topological polar surface area (TPSA) is 189 Å². The normalized spacial score (nSPS) is 21.2. The minimum absolute atomic E-state index is 0.0450. The molecule has 0 spiro atoms. The van der Waals surface area contributed by atoms with Crippen molar-refractivity contribution in [1.29, 1.82) is 0 Å². The van der Waals surface area contributed by atoms with Gasteiger partial charge in [0, 0.05) is 22.4 Å². The van der Waals surface area contributed by atoms with Crippen LogP contribution in [0.4, 0.5) is 5.13 Å². The molecule has 0 bridgehead atoms. The number of rotatable bonds is 8. The Balaban J connectivity index is 1.48. The zero-order chi connectivity index (χ0) is 24.6. The van der Waals surface area contributed by atoms with E-state index in [9.17, 15) is 24.6 Å². The van der Waals surface area contributed by atoms with Crippen molar-refractivity contribution < 1.29 is 24.6 Å². The number of hydrogen-bond acceptors (Lipinski definition) is 12. The molecule has 13 nitrogen and oxygen atoms in total. The zero-order valence-corrected chi connectivity index (χ0v) is 20.5. The fourth-order valence-electron chi connectivity index (χ4n) is 3.31. The molecule has 2 aromatic heterocycles. The first-order valence-corrected chi connectivity index (χ1v) is 12.9. The highest BCUT2D eigenvalue weighted by atomic mass is 35.5. The molecular formula is C17H17ClN8O5S3. The minimum atomic E-state index is -1.26. The zero-order valence-electron chi connectivity index (χ0n) is 17.3. The summed E-state index contributed by atoms with van der Waals surface area (Å²) in [5.41, 5.74) is 7.35. The van der Waals surface area contributed by atoms with Crippen LogP contribution < -0.4 is 11.1 Å². The number of fused-ring (bicyclic) bond motifs is 1. The van der Waals surface area contributed by atoms with Gasteiger partial charge in [0.15, 0.2) is 5.13 Å². The summed E-state index contributed by atoms with van der Waals surface area (Å²) in [6, 6.07) is -0.925. The van der Waals surface area contributed by atoms with E-state index in [1.54, 1.807) is 5.38 Å². The van der Waals surface area contributed by atoms with E-state index in [0.29, 0.717) is 16.5 Å². The highest BCUT2D eigenvalue weighted by Gasteiger charge is 2.54. The van der Waals surface area contributed by atoms with Gasteiger partial charge in [-0.2, -0.15) is 4.68 Å². The van der Waals surface area contributed by atoms with Crippen LogP contribution in [0.5, 0.6) is 0 Å². The van der Waals surface area contributed by atoms with Crippen LogP contribution >= 0.6 is 46.5 Å². The number of aromatic nitrogens is 5. The van der Waals surface area contributed by atoms with Crippen molar-refractivity contribution in [2.75, 3.05) is 17.2 Å². The summed E-state index contributed by atoms with van der Waals surface area (Å²) in [7, 11) is 0. The number of nitrogen functional groups attached to an aromatic ring is 1. The summed E-state index contributed by atoms with van der Waals surface area (Å²) in [4.78, 5) is 42.8. The lowest BCUT2D eigenvalue weighted by atomic mass is 10.0. The summed E-state index contributed by atoms with van der Waals surface area (Å²) >= 11 is 9.40. The lowest BCUT2D eigenvalue weighted by Gasteiger charge is -2.49. The van der Waals surface area contributed by atoms with E-state index in [2.05, 4.69) is 25.8 Å². The molecule has 0 aromatic carbocycles. The van der Waals surface area contributed by atoms with E-state index in [1.807, 2.05) is 0 Å². The number of aliphatic hydroxyl groups excluding tert-OH is 1. The molecule has 4 rings (SSSR count). The molecule has 17 heteroatoms. The van der Waals surface area contributed by atoms with Gasteiger partial charge in [0.05, 0.1) is 11.3 Å². The van der Waals surface area contributed by atoms with Crippen LogP contribution in [0.3, 0.4) is 0 Å². The highest BCUT2D eigenvalue weighted by molar-refractivity contribution is 8.01. The maximum atomic E-state index is 12.9. The summed E-state index contributed by atoms with van der Waals surface area (Å²) < 4.78 is 1.20. The van der Waals surface area contributed by atoms with Gasteiger partial charge in [-0.1, -0.05) is 23.4 Å². The SMILES string of the molecule is CC(O)n1nnnc1SCC1=C(C(=O)O)N2C(=O)C(NC(=O)/C(=C/Cl)c3csc(N)n3)[C@H]2SC1. The number of tetrazole rings is 1. The van der Waals surface area contributed by atoms with Gasteiger partial charge in [-0.15, -0.1) is 28.2 Å². The van der Waals surface area contributed by atoms with E-state index in [4.69, 9.17) is 17.3 Å². The number of anilines is 1. The third kappa shape index (κ3) is 4.50. The second kappa shape index (κ2) is 9.91. The number of thiazole rings is 1. The summed E-state index contributed by atoms with van der Waals surface area (Å²) in [6.45, 7) is 1.49. The van der Waals surface area contributed by atoms with Gasteiger partial charge in [0.25, 0.3) is 11.8 Å². The van der Waals surface area contributed by atoms with Crippen molar-refractivity contribution in [3.05, 3.63) is 27.9 Å². The number of carbonyl (C=O) groups excluding carboxylic acids is 2. The number of nitrogens with zero attached hydrogens (tertiary/aromatic N) is 6. The highest BCUT2D eigenvalue weighted by Crippen LogP contribution is 2.41. The average molecular weight is 545 g/mol. The van der Waals surface area contributed by atoms with Gasteiger partial charge >= 0.3 is 5.97 Å². The van der Waals surface area contributed by atoms with E-state index >= 15 is 0 Å². The fourth-order valence-corrected chi connectivity index (χ4v) is 6.52. The number of β-lactam (4-membered cyclic amide) rings is 1. The van der Waals surface area contributed by atoms with E-state index in [1.165, 1.54) is 28.3 Å². The molecule has 0 radical (unpaired) electrons. The number of carboxylic acid groups (broad SMARTS) is 1. The van der Waals surface area contributed by atoms with Crippen LogP contribution in [0.15, 0.2) is 27.3 Å². The van der Waals surface area contributed by atoms with Gasteiger partial charge in [-0.3, -0.25) is 14.5 Å². The van der Waals surface area contributed by atoms with Gasteiger partial charge in [-0.25, -0.2) is 9.78 Å². The number of halogens is 1. The van der Waals surface area contributed by atoms with E-state index in [-0.39, 0.29) is 27.8 Å². The maximum absolute atomic E-state index is 12.9. The summed E-state index contributed by atoms with van der Waals surface area (Å²) in [5, 5.41) is 34.7. The molecule has 2 aliphatic heterocycles. The Bertz CT molecular complexity index is 1210. The maximum Gasteiger partial charge on any atom is 0.352 e. The second-order valence-electron chi connectivity index (χ2n) is 7.04. The third-order valence-electron chi connectivity index (χ3n) is 4.88.